The van der Waals surface area contributed by atoms with E-state index in [0.29, 0.717) is 21.9 Å². The molecule has 0 aliphatic heterocycles. The maximum Gasteiger partial charge on any atom is 0.200 e. The summed E-state index contributed by atoms with van der Waals surface area (Å²) in [5, 5.41) is 1.06. The molecular formula is C47H30N2O2. The van der Waals surface area contributed by atoms with Crippen LogP contribution in [-0.4, -0.2) is 9.97 Å². The van der Waals surface area contributed by atoms with Crippen molar-refractivity contribution in [1.29, 1.82) is 0 Å². The monoisotopic (exact) mass is 654 g/mol. The molecule has 240 valence electrons. The van der Waals surface area contributed by atoms with Crippen molar-refractivity contribution < 1.29 is 4.42 Å². The average Bonchev–Trinajstić information content (AvgIpc) is 3.22. The maximum atomic E-state index is 14.3. The number of rotatable bonds is 6. The molecule has 0 saturated heterocycles. The minimum Gasteiger partial charge on any atom is -0.456 e. The third kappa shape index (κ3) is 5.90. The van der Waals surface area contributed by atoms with E-state index in [0.717, 1.165) is 67.3 Å². The maximum absolute atomic E-state index is 14.3. The first-order chi connectivity index (χ1) is 25.2. The lowest BCUT2D eigenvalue weighted by atomic mass is 9.97. The molecule has 0 atom stereocenters. The second-order valence-electron chi connectivity index (χ2n) is 12.6. The molecule has 3 heterocycles. The number of aromatic nitrogens is 2. The Hall–Kier alpha value is -6.91. The molecule has 0 aliphatic rings. The lowest BCUT2D eigenvalue weighted by Crippen LogP contribution is -2.03. The van der Waals surface area contributed by atoms with Gasteiger partial charge in [-0.1, -0.05) is 133 Å². The molecule has 0 spiro atoms. The van der Waals surface area contributed by atoms with E-state index in [-0.39, 0.29) is 5.43 Å². The number of hydrogen-bond donors (Lipinski definition) is 0. The van der Waals surface area contributed by atoms with Gasteiger partial charge < -0.3 is 4.42 Å². The summed E-state index contributed by atoms with van der Waals surface area (Å²) in [4.78, 5) is 24.4. The van der Waals surface area contributed by atoms with E-state index in [1.807, 2.05) is 109 Å². The Bertz CT molecular complexity index is 2440. The van der Waals surface area contributed by atoms with E-state index in [2.05, 4.69) is 72.8 Å². The minimum absolute atomic E-state index is 0.0730. The Morgan fingerprint density at radius 2 is 0.627 bits per heavy atom. The summed E-state index contributed by atoms with van der Waals surface area (Å²) in [6, 6.07) is 60.7. The highest BCUT2D eigenvalue weighted by Gasteiger charge is 2.15. The first-order valence-electron chi connectivity index (χ1n) is 16.9. The summed E-state index contributed by atoms with van der Waals surface area (Å²) < 4.78 is 6.36. The van der Waals surface area contributed by atoms with Crippen molar-refractivity contribution in [3.05, 3.63) is 192 Å². The third-order valence-corrected chi connectivity index (χ3v) is 9.26. The number of fused-ring (bicyclic) bond motifs is 2. The first kappa shape index (κ1) is 30.2. The van der Waals surface area contributed by atoms with Crippen LogP contribution in [0.4, 0.5) is 0 Å². The van der Waals surface area contributed by atoms with E-state index in [9.17, 15) is 4.79 Å². The molecule has 9 rings (SSSR count). The fraction of sp³-hybridized carbons (Fsp3) is 0. The molecule has 0 fully saturated rings. The summed E-state index contributed by atoms with van der Waals surface area (Å²) in [6.45, 7) is 0. The smallest absolute Gasteiger partial charge is 0.200 e. The van der Waals surface area contributed by atoms with Crippen molar-refractivity contribution in [3.63, 3.8) is 0 Å². The predicted octanol–water partition coefficient (Wildman–Crippen LogP) is 11.7. The van der Waals surface area contributed by atoms with E-state index < -0.39 is 0 Å². The van der Waals surface area contributed by atoms with E-state index in [4.69, 9.17) is 14.4 Å². The Labute approximate surface area is 295 Å². The highest BCUT2D eigenvalue weighted by molar-refractivity contribution is 5.94. The van der Waals surface area contributed by atoms with Crippen LogP contribution in [0, 0.1) is 0 Å². The van der Waals surface area contributed by atoms with Crippen molar-refractivity contribution in [1.82, 2.24) is 9.97 Å². The molecule has 0 unspecified atom stereocenters. The second-order valence-corrected chi connectivity index (χ2v) is 12.6. The fourth-order valence-corrected chi connectivity index (χ4v) is 6.64. The third-order valence-electron chi connectivity index (χ3n) is 9.26. The van der Waals surface area contributed by atoms with Gasteiger partial charge in [0.05, 0.1) is 33.5 Å². The van der Waals surface area contributed by atoms with E-state index in [1.165, 1.54) is 0 Å². The molecule has 9 aromatic rings. The largest absolute Gasteiger partial charge is 0.456 e. The van der Waals surface area contributed by atoms with Gasteiger partial charge in [0, 0.05) is 22.3 Å². The highest BCUT2D eigenvalue weighted by Crippen LogP contribution is 2.34. The van der Waals surface area contributed by atoms with Crippen LogP contribution >= 0.6 is 0 Å². The summed E-state index contributed by atoms with van der Waals surface area (Å²) in [6.07, 6.45) is 0. The normalized spacial score (nSPS) is 11.2. The summed E-state index contributed by atoms with van der Waals surface area (Å²) in [7, 11) is 0. The highest BCUT2D eigenvalue weighted by atomic mass is 16.3. The van der Waals surface area contributed by atoms with Crippen molar-refractivity contribution in [2.24, 2.45) is 0 Å². The van der Waals surface area contributed by atoms with Crippen LogP contribution in [-0.2, 0) is 0 Å². The predicted molar refractivity (Wildman–Crippen MR) is 208 cm³/mol. The van der Waals surface area contributed by atoms with Gasteiger partial charge in [0.15, 0.2) is 0 Å². The molecule has 0 aliphatic carbocycles. The summed E-state index contributed by atoms with van der Waals surface area (Å²) in [5.74, 6) is 0. The Morgan fingerprint density at radius 3 is 0.941 bits per heavy atom. The topological polar surface area (TPSA) is 56.0 Å². The zero-order valence-corrected chi connectivity index (χ0v) is 27.5. The SMILES string of the molecule is O=c1c2cc(-c3cc(-c4ccccc4)nc(-c4ccccc4)c3)ccc2oc2ccc(-c3cc(-c4ccccc4)nc(-c4ccccc4)c3)cc12. The van der Waals surface area contributed by atoms with Crippen LogP contribution in [0.2, 0.25) is 0 Å². The Balaban J connectivity index is 1.18. The quantitative estimate of drug-likeness (QED) is 0.167. The lowest BCUT2D eigenvalue weighted by Gasteiger charge is -2.12. The molecule has 6 aromatic carbocycles. The Kier molecular flexibility index (Phi) is 7.60. The molecule has 3 aromatic heterocycles. The van der Waals surface area contributed by atoms with Crippen LogP contribution in [0.5, 0.6) is 0 Å². The van der Waals surface area contributed by atoms with Gasteiger partial charge in [0.25, 0.3) is 0 Å². The zero-order valence-electron chi connectivity index (χ0n) is 27.5. The molecule has 0 N–H and O–H groups in total. The van der Waals surface area contributed by atoms with Crippen LogP contribution < -0.4 is 5.43 Å². The number of hydrogen-bond acceptors (Lipinski definition) is 4. The van der Waals surface area contributed by atoms with Gasteiger partial charge in [-0.3, -0.25) is 4.79 Å². The van der Waals surface area contributed by atoms with Crippen molar-refractivity contribution in [2.75, 3.05) is 0 Å². The Morgan fingerprint density at radius 1 is 0.314 bits per heavy atom. The second kappa shape index (κ2) is 12.8. The van der Waals surface area contributed by atoms with Crippen molar-refractivity contribution in [3.8, 4) is 67.3 Å². The zero-order chi connectivity index (χ0) is 34.1. The number of nitrogens with zero attached hydrogens (tertiary/aromatic N) is 2. The lowest BCUT2D eigenvalue weighted by molar-refractivity contribution is 0.660. The van der Waals surface area contributed by atoms with Gasteiger partial charge in [0.1, 0.15) is 11.2 Å². The minimum atomic E-state index is -0.0730. The van der Waals surface area contributed by atoms with Crippen LogP contribution in [0.25, 0.3) is 89.2 Å². The molecular weight excluding hydrogens is 625 g/mol. The van der Waals surface area contributed by atoms with Crippen molar-refractivity contribution >= 4 is 21.9 Å². The summed E-state index contributed by atoms with van der Waals surface area (Å²) in [5.41, 5.74) is 12.3. The van der Waals surface area contributed by atoms with Crippen LogP contribution in [0.15, 0.2) is 191 Å². The van der Waals surface area contributed by atoms with Crippen LogP contribution in [0.3, 0.4) is 0 Å². The van der Waals surface area contributed by atoms with Gasteiger partial charge in [-0.05, 0) is 70.8 Å². The van der Waals surface area contributed by atoms with Gasteiger partial charge in [-0.2, -0.15) is 0 Å². The molecule has 51 heavy (non-hydrogen) atoms. The van der Waals surface area contributed by atoms with Gasteiger partial charge >= 0.3 is 0 Å². The number of benzene rings is 6. The molecule has 4 heteroatoms. The molecule has 0 saturated carbocycles. The van der Waals surface area contributed by atoms with E-state index >= 15 is 0 Å². The molecule has 0 amide bonds. The fourth-order valence-electron chi connectivity index (χ4n) is 6.64. The molecule has 0 bridgehead atoms. The number of pyridine rings is 2. The standard InChI is InChI=1S/C47H30N2O2/c50-47-39-25-35(37-27-41(31-13-5-1-6-14-31)48-42(28-37)32-15-7-2-8-16-32)21-23-45(39)51-46-24-22-36(26-40(46)47)38-29-43(33-17-9-3-10-18-33)49-44(30-38)34-19-11-4-12-20-34/h1-30H. The van der Waals surface area contributed by atoms with Gasteiger partial charge in [0.2, 0.25) is 5.43 Å². The van der Waals surface area contributed by atoms with Gasteiger partial charge in [-0.25, -0.2) is 9.97 Å². The molecule has 4 nitrogen and oxygen atoms in total. The van der Waals surface area contributed by atoms with Crippen LogP contribution in [0.1, 0.15) is 0 Å². The van der Waals surface area contributed by atoms with Gasteiger partial charge in [-0.15, -0.1) is 0 Å². The first-order valence-corrected chi connectivity index (χ1v) is 16.9. The molecule has 0 radical (unpaired) electrons. The van der Waals surface area contributed by atoms with Crippen molar-refractivity contribution in [2.45, 2.75) is 0 Å². The average molecular weight is 655 g/mol. The summed E-state index contributed by atoms with van der Waals surface area (Å²) >= 11 is 0. The van der Waals surface area contributed by atoms with E-state index in [1.54, 1.807) is 0 Å².